The van der Waals surface area contributed by atoms with Crippen LogP contribution in [0.2, 0.25) is 0 Å². The van der Waals surface area contributed by atoms with Crippen molar-refractivity contribution in [2.45, 2.75) is 13.5 Å². The van der Waals surface area contributed by atoms with Gasteiger partial charge in [0.2, 0.25) is 0 Å². The third kappa shape index (κ3) is 5.33. The molecule has 2 aromatic carbocycles. The maximum atomic E-state index is 13.1. The Hall–Kier alpha value is -3.65. The van der Waals surface area contributed by atoms with Gasteiger partial charge in [0.1, 0.15) is 4.66 Å². The molecular weight excluding hydrogens is 430 g/mol. The summed E-state index contributed by atoms with van der Waals surface area (Å²) in [5, 5.41) is 0. The first kappa shape index (κ1) is 23.0. The van der Waals surface area contributed by atoms with Gasteiger partial charge in [-0.05, 0) is 30.7 Å². The molecule has 7 nitrogen and oxygen atoms in total. The number of nitrogens with zero attached hydrogens (tertiary/aromatic N) is 1. The highest BCUT2D eigenvalue weighted by atomic mass is 32.1. The topological polar surface area (TPSA) is 83.8 Å². The predicted molar refractivity (Wildman–Crippen MR) is 123 cm³/mol. The van der Waals surface area contributed by atoms with Crippen LogP contribution >= 0.6 is 11.3 Å². The van der Waals surface area contributed by atoms with Crippen LogP contribution in [0.25, 0.3) is 12.2 Å². The normalized spacial score (nSPS) is 12.0. The molecule has 8 heteroatoms. The molecule has 0 bridgehead atoms. The van der Waals surface area contributed by atoms with Crippen LogP contribution in [0.4, 0.5) is 0 Å². The lowest BCUT2D eigenvalue weighted by atomic mass is 10.1. The Balaban J connectivity index is 2.11. The van der Waals surface area contributed by atoms with Gasteiger partial charge in [0.05, 0.1) is 38.0 Å². The van der Waals surface area contributed by atoms with E-state index in [1.165, 1.54) is 17.8 Å². The molecule has 0 unspecified atom stereocenters. The highest BCUT2D eigenvalue weighted by Gasteiger charge is 2.13. The Morgan fingerprint density at radius 3 is 2.41 bits per heavy atom. The quantitative estimate of drug-likeness (QED) is 0.383. The third-order valence-electron chi connectivity index (χ3n) is 4.57. The number of esters is 1. The van der Waals surface area contributed by atoms with Crippen molar-refractivity contribution in [3.8, 4) is 11.5 Å². The van der Waals surface area contributed by atoms with Gasteiger partial charge in [-0.3, -0.25) is 14.2 Å². The highest BCUT2D eigenvalue weighted by Crippen LogP contribution is 2.27. The standard InChI is InChI=1S/C24H23NO6S/c1-4-31-23(27)14-22-25(15-18(26)17-8-6-5-7-9-17)24(28)21(32-22)13-16-10-11-19(29-2)20(12-16)30-3/h5-14H,4,15H2,1-3H3. The van der Waals surface area contributed by atoms with Gasteiger partial charge in [-0.2, -0.15) is 0 Å². The summed E-state index contributed by atoms with van der Waals surface area (Å²) in [7, 11) is 3.07. The van der Waals surface area contributed by atoms with E-state index >= 15 is 0 Å². The number of ether oxygens (including phenoxy) is 3. The van der Waals surface area contributed by atoms with Crippen molar-refractivity contribution in [2.75, 3.05) is 20.8 Å². The van der Waals surface area contributed by atoms with Crippen LogP contribution in [-0.4, -0.2) is 37.1 Å². The van der Waals surface area contributed by atoms with Crippen molar-refractivity contribution >= 4 is 35.2 Å². The molecule has 0 fully saturated rings. The fourth-order valence-corrected chi connectivity index (χ4v) is 4.06. The Labute approximate surface area is 188 Å². The first-order valence-corrected chi connectivity index (χ1v) is 10.7. The van der Waals surface area contributed by atoms with E-state index in [-0.39, 0.29) is 24.5 Å². The van der Waals surface area contributed by atoms with Gasteiger partial charge in [0.15, 0.2) is 17.3 Å². The molecule has 166 valence electrons. The van der Waals surface area contributed by atoms with Gasteiger partial charge in [0.25, 0.3) is 5.56 Å². The second-order valence-electron chi connectivity index (χ2n) is 6.64. The molecule has 0 amide bonds. The van der Waals surface area contributed by atoms with E-state index in [4.69, 9.17) is 14.2 Å². The van der Waals surface area contributed by atoms with Crippen molar-refractivity contribution in [2.24, 2.45) is 0 Å². The van der Waals surface area contributed by atoms with Gasteiger partial charge in [-0.15, -0.1) is 11.3 Å². The van der Waals surface area contributed by atoms with Crippen LogP contribution in [0, 0.1) is 0 Å². The lowest BCUT2D eigenvalue weighted by Crippen LogP contribution is -2.34. The molecule has 1 aromatic heterocycles. The summed E-state index contributed by atoms with van der Waals surface area (Å²) >= 11 is 1.11. The number of benzene rings is 2. The Morgan fingerprint density at radius 2 is 1.75 bits per heavy atom. The minimum atomic E-state index is -0.577. The van der Waals surface area contributed by atoms with Crippen molar-refractivity contribution in [1.82, 2.24) is 4.57 Å². The number of carbonyl (C=O) groups excluding carboxylic acids is 2. The average molecular weight is 454 g/mol. The number of aromatic nitrogens is 1. The van der Waals surface area contributed by atoms with E-state index in [0.29, 0.717) is 31.8 Å². The van der Waals surface area contributed by atoms with Crippen molar-refractivity contribution < 1.29 is 23.8 Å². The van der Waals surface area contributed by atoms with E-state index in [1.54, 1.807) is 62.6 Å². The molecule has 0 spiro atoms. The van der Waals surface area contributed by atoms with E-state index in [9.17, 15) is 14.4 Å². The van der Waals surface area contributed by atoms with E-state index in [0.717, 1.165) is 11.3 Å². The van der Waals surface area contributed by atoms with Crippen molar-refractivity contribution in [3.05, 3.63) is 79.2 Å². The molecule has 0 atom stereocenters. The third-order valence-corrected chi connectivity index (χ3v) is 5.63. The minimum absolute atomic E-state index is 0.190. The fraction of sp³-hybridized carbons (Fsp3) is 0.208. The Bertz CT molecular complexity index is 1290. The molecule has 3 aromatic rings. The van der Waals surface area contributed by atoms with Crippen LogP contribution in [0.15, 0.2) is 53.3 Å². The molecule has 0 aliphatic heterocycles. The molecule has 32 heavy (non-hydrogen) atoms. The second-order valence-corrected chi connectivity index (χ2v) is 7.70. The van der Waals surface area contributed by atoms with Crippen LogP contribution in [-0.2, 0) is 16.1 Å². The number of hydrogen-bond donors (Lipinski definition) is 0. The van der Waals surface area contributed by atoms with E-state index in [2.05, 4.69) is 0 Å². The number of methoxy groups -OCH3 is 2. The summed E-state index contributed by atoms with van der Waals surface area (Å²) in [6, 6.07) is 14.0. The molecule has 3 rings (SSSR count). The molecule has 0 radical (unpaired) electrons. The highest BCUT2D eigenvalue weighted by molar-refractivity contribution is 7.07. The SMILES string of the molecule is CCOC(=O)C=c1sc(=Cc2ccc(OC)c(OC)c2)c(=O)n1CC(=O)c1ccccc1. The van der Waals surface area contributed by atoms with Crippen LogP contribution < -0.4 is 24.2 Å². The molecular formula is C24H23NO6S. The fourth-order valence-electron chi connectivity index (χ4n) is 3.03. The summed E-state index contributed by atoms with van der Waals surface area (Å²) in [6.07, 6.45) is 2.92. The molecule has 0 N–H and O–H groups in total. The van der Waals surface area contributed by atoms with Crippen molar-refractivity contribution in [3.63, 3.8) is 0 Å². The largest absolute Gasteiger partial charge is 0.493 e. The average Bonchev–Trinajstić information content (AvgIpc) is 3.08. The smallest absolute Gasteiger partial charge is 0.333 e. The summed E-state index contributed by atoms with van der Waals surface area (Å²) in [5.74, 6) is 0.280. The summed E-state index contributed by atoms with van der Waals surface area (Å²) in [4.78, 5) is 37.9. The molecule has 0 saturated heterocycles. The van der Waals surface area contributed by atoms with Gasteiger partial charge < -0.3 is 14.2 Å². The van der Waals surface area contributed by atoms with E-state index in [1.807, 2.05) is 6.07 Å². The number of thiazole rings is 1. The van der Waals surface area contributed by atoms with Gasteiger partial charge >= 0.3 is 5.97 Å². The maximum absolute atomic E-state index is 13.1. The molecule has 0 aliphatic carbocycles. The zero-order chi connectivity index (χ0) is 23.1. The summed E-state index contributed by atoms with van der Waals surface area (Å²) in [6.45, 7) is 1.71. The second kappa shape index (κ2) is 10.6. The number of rotatable bonds is 8. The summed E-state index contributed by atoms with van der Waals surface area (Å²) < 4.78 is 17.5. The lowest BCUT2D eigenvalue weighted by molar-refractivity contribution is -0.135. The maximum Gasteiger partial charge on any atom is 0.333 e. The first-order chi connectivity index (χ1) is 15.5. The Kier molecular flexibility index (Phi) is 7.62. The molecule has 0 saturated carbocycles. The van der Waals surface area contributed by atoms with Gasteiger partial charge in [-0.1, -0.05) is 36.4 Å². The number of hydrogen-bond acceptors (Lipinski definition) is 7. The van der Waals surface area contributed by atoms with Crippen LogP contribution in [0.3, 0.4) is 0 Å². The summed E-state index contributed by atoms with van der Waals surface area (Å²) in [5.41, 5.74) is 0.827. The minimum Gasteiger partial charge on any atom is -0.493 e. The van der Waals surface area contributed by atoms with Crippen LogP contribution in [0.5, 0.6) is 11.5 Å². The lowest BCUT2D eigenvalue weighted by Gasteiger charge is -2.07. The first-order valence-electron chi connectivity index (χ1n) is 9.87. The Morgan fingerprint density at radius 1 is 1.03 bits per heavy atom. The molecule has 1 heterocycles. The molecule has 0 aliphatic rings. The number of Topliss-reactive ketones (excluding diaryl/α,β-unsaturated/α-hetero) is 1. The van der Waals surface area contributed by atoms with Gasteiger partial charge in [0, 0.05) is 5.56 Å². The van der Waals surface area contributed by atoms with Crippen molar-refractivity contribution in [1.29, 1.82) is 0 Å². The number of carbonyl (C=O) groups is 2. The monoisotopic (exact) mass is 453 g/mol. The van der Waals surface area contributed by atoms with E-state index < -0.39 is 5.97 Å². The zero-order valence-electron chi connectivity index (χ0n) is 18.0. The van der Waals surface area contributed by atoms with Gasteiger partial charge in [-0.25, -0.2) is 4.79 Å². The predicted octanol–water partition coefficient (Wildman–Crippen LogP) is 1.98. The zero-order valence-corrected chi connectivity index (χ0v) is 18.8. The number of ketones is 1. The van der Waals surface area contributed by atoms with Crippen LogP contribution in [0.1, 0.15) is 22.8 Å².